The van der Waals surface area contributed by atoms with Gasteiger partial charge in [0.25, 0.3) is 5.91 Å². The summed E-state index contributed by atoms with van der Waals surface area (Å²) in [6, 6.07) is 13.9. The molecule has 0 radical (unpaired) electrons. The summed E-state index contributed by atoms with van der Waals surface area (Å²) < 4.78 is 29.0. The Morgan fingerprint density at radius 1 is 1.04 bits per heavy atom. The zero-order valence-electron chi connectivity index (χ0n) is 13.8. The Morgan fingerprint density at radius 2 is 1.67 bits per heavy atom. The number of sulfone groups is 1. The number of ether oxygens (including phenoxy) is 1. The van der Waals surface area contributed by atoms with Gasteiger partial charge in [-0.25, -0.2) is 8.42 Å². The van der Waals surface area contributed by atoms with Crippen LogP contribution in [0.3, 0.4) is 0 Å². The molecule has 2 rings (SSSR count). The first-order valence-corrected chi connectivity index (χ1v) is 9.54. The van der Waals surface area contributed by atoms with Crippen molar-refractivity contribution in [3.63, 3.8) is 0 Å². The third-order valence-corrected chi connectivity index (χ3v) is 4.71. The summed E-state index contributed by atoms with van der Waals surface area (Å²) in [5.74, 6) is -0.415. The molecule has 2 aromatic carbocycles. The van der Waals surface area contributed by atoms with Gasteiger partial charge in [0.1, 0.15) is 0 Å². The molecule has 1 amide bonds. The number of hydrogen-bond acceptors (Lipinski definition) is 4. The second-order valence-corrected chi connectivity index (χ2v) is 7.34. The molecule has 0 bridgehead atoms. The first-order chi connectivity index (χ1) is 11.4. The number of nitrogens with one attached hydrogen (secondary N) is 1. The summed E-state index contributed by atoms with van der Waals surface area (Å²) in [5.41, 5.74) is 2.09. The molecule has 128 valence electrons. The minimum Gasteiger partial charge on any atom is -0.377 e. The summed E-state index contributed by atoms with van der Waals surface area (Å²) in [7, 11) is -3.46. The molecular weight excluding hydrogens is 326 g/mol. The number of hydrogen-bond donors (Lipinski definition) is 1. The summed E-state index contributed by atoms with van der Waals surface area (Å²) in [6.07, 6.45) is 1.09. The van der Waals surface area contributed by atoms with Crippen molar-refractivity contribution < 1.29 is 17.9 Å². The average Bonchev–Trinajstić information content (AvgIpc) is 2.57. The Morgan fingerprint density at radius 3 is 2.33 bits per heavy atom. The van der Waals surface area contributed by atoms with E-state index in [9.17, 15) is 13.2 Å². The normalized spacial score (nSPS) is 11.2. The smallest absolute Gasteiger partial charge is 0.252 e. The average molecular weight is 347 g/mol. The van der Waals surface area contributed by atoms with Gasteiger partial charge in [-0.3, -0.25) is 4.79 Å². The predicted molar refractivity (Wildman–Crippen MR) is 92.5 cm³/mol. The molecule has 0 aliphatic carbocycles. The van der Waals surface area contributed by atoms with Crippen LogP contribution < -0.4 is 5.32 Å². The van der Waals surface area contributed by atoms with Gasteiger partial charge in [-0.05, 0) is 30.2 Å². The van der Waals surface area contributed by atoms with Gasteiger partial charge in [0.05, 0.1) is 17.1 Å². The maximum absolute atomic E-state index is 12.4. The zero-order chi connectivity index (χ0) is 17.6. The van der Waals surface area contributed by atoms with Gasteiger partial charge < -0.3 is 10.1 Å². The van der Waals surface area contributed by atoms with E-state index in [1.807, 2.05) is 31.2 Å². The van der Waals surface area contributed by atoms with Gasteiger partial charge in [-0.2, -0.15) is 0 Å². The predicted octanol–water partition coefficient (Wildman–Crippen LogP) is 2.56. The fourth-order valence-corrected chi connectivity index (χ4v) is 3.22. The Labute approximate surface area is 142 Å². The molecule has 1 N–H and O–H groups in total. The van der Waals surface area contributed by atoms with Crippen LogP contribution in [0.2, 0.25) is 0 Å². The highest BCUT2D eigenvalue weighted by Crippen LogP contribution is 2.16. The fraction of sp³-hybridized carbons (Fsp3) is 0.278. The molecule has 0 atom stereocenters. The maximum atomic E-state index is 12.4. The van der Waals surface area contributed by atoms with Crippen molar-refractivity contribution in [2.75, 3.05) is 12.9 Å². The van der Waals surface area contributed by atoms with E-state index < -0.39 is 15.7 Å². The Hall–Kier alpha value is -2.18. The number of benzene rings is 2. The topological polar surface area (TPSA) is 72.5 Å². The monoisotopic (exact) mass is 347 g/mol. The number of amides is 1. The Balaban J connectivity index is 2.15. The van der Waals surface area contributed by atoms with Crippen molar-refractivity contribution >= 4 is 15.7 Å². The van der Waals surface area contributed by atoms with Crippen molar-refractivity contribution in [1.29, 1.82) is 0 Å². The standard InChI is InChI=1S/C18H21NO4S/c1-3-23-13-15-9-5-4-8-14(15)12-19-18(20)16-10-6-7-11-17(16)24(2,21)22/h4-11H,3,12-13H2,1-2H3,(H,19,20). The highest BCUT2D eigenvalue weighted by Gasteiger charge is 2.18. The fourth-order valence-electron chi connectivity index (χ4n) is 2.33. The molecule has 0 saturated heterocycles. The number of carbonyl (C=O) groups is 1. The molecule has 0 aromatic heterocycles. The molecule has 0 fully saturated rings. The molecule has 0 unspecified atom stereocenters. The molecule has 0 aliphatic heterocycles. The summed E-state index contributed by atoms with van der Waals surface area (Å²) >= 11 is 0. The van der Waals surface area contributed by atoms with E-state index in [1.54, 1.807) is 12.1 Å². The second-order valence-electron chi connectivity index (χ2n) is 5.36. The Bertz CT molecular complexity index is 815. The van der Waals surface area contributed by atoms with Gasteiger partial charge in [0, 0.05) is 19.4 Å². The minimum atomic E-state index is -3.46. The van der Waals surface area contributed by atoms with Crippen molar-refractivity contribution in [3.05, 3.63) is 65.2 Å². The highest BCUT2D eigenvalue weighted by molar-refractivity contribution is 7.90. The first-order valence-electron chi connectivity index (χ1n) is 7.65. The van der Waals surface area contributed by atoms with E-state index in [0.717, 1.165) is 17.4 Å². The second kappa shape index (κ2) is 8.08. The first kappa shape index (κ1) is 18.2. The lowest BCUT2D eigenvalue weighted by Crippen LogP contribution is -2.25. The van der Waals surface area contributed by atoms with E-state index in [-0.39, 0.29) is 10.5 Å². The van der Waals surface area contributed by atoms with Gasteiger partial charge in [-0.15, -0.1) is 0 Å². The Kier molecular flexibility index (Phi) is 6.11. The lowest BCUT2D eigenvalue weighted by molar-refractivity contribution is 0.0946. The van der Waals surface area contributed by atoms with Crippen LogP contribution in [0.15, 0.2) is 53.4 Å². The van der Waals surface area contributed by atoms with Crippen LogP contribution in [-0.4, -0.2) is 27.2 Å². The molecule has 5 nitrogen and oxygen atoms in total. The van der Waals surface area contributed by atoms with E-state index in [1.165, 1.54) is 12.1 Å². The van der Waals surface area contributed by atoms with Crippen molar-refractivity contribution in [2.45, 2.75) is 25.0 Å². The van der Waals surface area contributed by atoms with Crippen LogP contribution in [0.4, 0.5) is 0 Å². The van der Waals surface area contributed by atoms with Crippen molar-refractivity contribution in [3.8, 4) is 0 Å². The van der Waals surface area contributed by atoms with E-state index >= 15 is 0 Å². The lowest BCUT2D eigenvalue weighted by Gasteiger charge is -2.12. The molecule has 0 saturated carbocycles. The molecule has 24 heavy (non-hydrogen) atoms. The van der Waals surface area contributed by atoms with Crippen LogP contribution in [-0.2, 0) is 27.7 Å². The van der Waals surface area contributed by atoms with Gasteiger partial charge in [0.2, 0.25) is 0 Å². The molecule has 0 spiro atoms. The number of rotatable bonds is 7. The molecule has 0 aliphatic rings. The van der Waals surface area contributed by atoms with Crippen LogP contribution in [0, 0.1) is 0 Å². The molecule has 2 aromatic rings. The largest absolute Gasteiger partial charge is 0.377 e. The van der Waals surface area contributed by atoms with Crippen molar-refractivity contribution in [1.82, 2.24) is 5.32 Å². The minimum absolute atomic E-state index is 0.0325. The quantitative estimate of drug-likeness (QED) is 0.835. The summed E-state index contributed by atoms with van der Waals surface area (Å²) in [6.45, 7) is 3.32. The van der Waals surface area contributed by atoms with Crippen LogP contribution in [0.5, 0.6) is 0 Å². The summed E-state index contributed by atoms with van der Waals surface area (Å²) in [5, 5.41) is 2.79. The maximum Gasteiger partial charge on any atom is 0.252 e. The SMILES string of the molecule is CCOCc1ccccc1CNC(=O)c1ccccc1S(C)(=O)=O. The van der Waals surface area contributed by atoms with Crippen LogP contribution >= 0.6 is 0 Å². The van der Waals surface area contributed by atoms with Crippen LogP contribution in [0.1, 0.15) is 28.4 Å². The highest BCUT2D eigenvalue weighted by atomic mass is 32.2. The lowest BCUT2D eigenvalue weighted by atomic mass is 10.1. The third-order valence-electron chi connectivity index (χ3n) is 3.55. The molecule has 0 heterocycles. The summed E-state index contributed by atoms with van der Waals surface area (Å²) in [4.78, 5) is 12.4. The van der Waals surface area contributed by atoms with Gasteiger partial charge >= 0.3 is 0 Å². The van der Waals surface area contributed by atoms with Crippen molar-refractivity contribution in [2.24, 2.45) is 0 Å². The zero-order valence-corrected chi connectivity index (χ0v) is 14.6. The number of carbonyl (C=O) groups excluding carboxylic acids is 1. The van der Waals surface area contributed by atoms with E-state index in [4.69, 9.17) is 4.74 Å². The van der Waals surface area contributed by atoms with E-state index in [0.29, 0.717) is 19.8 Å². The molecule has 6 heteroatoms. The van der Waals surface area contributed by atoms with Gasteiger partial charge in [0.15, 0.2) is 9.84 Å². The molecular formula is C18H21NO4S. The van der Waals surface area contributed by atoms with Crippen LogP contribution in [0.25, 0.3) is 0 Å². The third kappa shape index (κ3) is 4.66. The van der Waals surface area contributed by atoms with Gasteiger partial charge in [-0.1, -0.05) is 36.4 Å². The van der Waals surface area contributed by atoms with E-state index in [2.05, 4.69) is 5.32 Å².